The van der Waals surface area contributed by atoms with E-state index in [-0.39, 0.29) is 10.8 Å². The van der Waals surface area contributed by atoms with Gasteiger partial charge in [0.05, 0.1) is 0 Å². The van der Waals surface area contributed by atoms with Crippen LogP contribution in [0.5, 0.6) is 5.75 Å². The molecule has 0 saturated carbocycles. The maximum Gasteiger partial charge on any atom is 0.514 e. The van der Waals surface area contributed by atoms with E-state index >= 15 is 0 Å². The predicted molar refractivity (Wildman–Crippen MR) is 128 cm³/mol. The van der Waals surface area contributed by atoms with E-state index in [1.807, 2.05) is 25.1 Å². The molecule has 0 fully saturated rings. The van der Waals surface area contributed by atoms with Crippen LogP contribution in [0.4, 0.5) is 4.79 Å². The van der Waals surface area contributed by atoms with Crippen molar-refractivity contribution in [2.75, 3.05) is 0 Å². The first-order valence-electron chi connectivity index (χ1n) is 11.0. The summed E-state index contributed by atoms with van der Waals surface area (Å²) in [4.78, 5) is 13.8. The Morgan fingerprint density at radius 3 is 2.19 bits per heavy atom. The van der Waals surface area contributed by atoms with Gasteiger partial charge >= 0.3 is 6.16 Å². The second kappa shape index (κ2) is 8.23. The fourth-order valence-corrected chi connectivity index (χ4v) is 4.10. The van der Waals surface area contributed by atoms with Gasteiger partial charge in [-0.05, 0) is 80.3 Å². The topological polar surface area (TPSA) is 66.2 Å². The van der Waals surface area contributed by atoms with Crippen molar-refractivity contribution in [2.45, 2.75) is 79.8 Å². The normalized spacial score (nSPS) is 12.8. The molecule has 0 N–H and O–H groups in total. The van der Waals surface area contributed by atoms with Crippen LogP contribution in [0.25, 0.3) is 16.7 Å². The van der Waals surface area contributed by atoms with Gasteiger partial charge in [-0.2, -0.15) is 0 Å². The van der Waals surface area contributed by atoms with Gasteiger partial charge in [0, 0.05) is 0 Å². The lowest BCUT2D eigenvalue weighted by atomic mass is 9.72. The van der Waals surface area contributed by atoms with Crippen molar-refractivity contribution in [2.24, 2.45) is 5.41 Å². The number of fused-ring (bicyclic) bond motifs is 1. The summed E-state index contributed by atoms with van der Waals surface area (Å²) in [5.74, 6) is 0.346. The molecule has 0 spiro atoms. The Balaban J connectivity index is 1.98. The molecule has 0 saturated heterocycles. The minimum Gasteiger partial charge on any atom is -0.428 e. The molecule has 3 rings (SSSR count). The summed E-state index contributed by atoms with van der Waals surface area (Å²) < 4.78 is 10.8. The minimum atomic E-state index is -0.759. The minimum absolute atomic E-state index is 0.00450. The number of aryl methyl sites for hydroxylation is 1. The molecule has 6 nitrogen and oxygen atoms in total. The molecule has 0 bridgehead atoms. The lowest BCUT2D eigenvalue weighted by molar-refractivity contribution is 0.0205. The van der Waals surface area contributed by atoms with Gasteiger partial charge in [0.25, 0.3) is 0 Å². The highest BCUT2D eigenvalue weighted by Gasteiger charge is 2.28. The lowest BCUT2D eigenvalue weighted by Crippen LogP contribution is -2.26. The monoisotopic (exact) mass is 437 g/mol. The highest BCUT2D eigenvalue weighted by molar-refractivity contribution is 5.75. The molecule has 2 aromatic carbocycles. The molecule has 0 amide bonds. The van der Waals surface area contributed by atoms with E-state index in [1.165, 1.54) is 10.4 Å². The van der Waals surface area contributed by atoms with E-state index in [0.717, 1.165) is 23.0 Å². The van der Waals surface area contributed by atoms with Crippen LogP contribution in [0.15, 0.2) is 36.4 Å². The average Bonchev–Trinajstić information content (AvgIpc) is 3.02. The van der Waals surface area contributed by atoms with Crippen molar-refractivity contribution in [3.05, 3.63) is 47.5 Å². The molecule has 172 valence electrons. The fraction of sp³-hybridized carbons (Fsp3) is 0.500. The molecule has 32 heavy (non-hydrogen) atoms. The van der Waals surface area contributed by atoms with Gasteiger partial charge in [-0.15, -0.1) is 15.0 Å². The van der Waals surface area contributed by atoms with E-state index in [2.05, 4.69) is 51.9 Å². The number of carbonyl (C=O) groups is 1. The highest BCUT2D eigenvalue weighted by atomic mass is 16.7. The van der Waals surface area contributed by atoms with Crippen LogP contribution >= 0.6 is 0 Å². The molecule has 1 heterocycles. The molecule has 6 heteroatoms. The second-order valence-electron chi connectivity index (χ2n) is 11.4. The zero-order valence-electron chi connectivity index (χ0n) is 20.7. The number of hydrogen-bond donors (Lipinski definition) is 0. The first kappa shape index (κ1) is 23.8. The standard InChI is InChI=1S/C26H35N3O3/c1-17-10-13-22(31-23(30)32-25(5,6)7)21(14-17)29-27-19-12-11-18(15-20(19)28-29)26(8,9)16-24(2,3)4/h10-15H,16H2,1-9H3. The van der Waals surface area contributed by atoms with Gasteiger partial charge in [-0.1, -0.05) is 46.8 Å². The first-order chi connectivity index (χ1) is 14.6. The van der Waals surface area contributed by atoms with E-state index in [0.29, 0.717) is 11.4 Å². The van der Waals surface area contributed by atoms with Gasteiger partial charge in [0.1, 0.15) is 22.3 Å². The van der Waals surface area contributed by atoms with E-state index in [1.54, 1.807) is 26.8 Å². The summed E-state index contributed by atoms with van der Waals surface area (Å²) in [6, 6.07) is 11.7. The van der Waals surface area contributed by atoms with Crippen molar-refractivity contribution in [1.29, 1.82) is 0 Å². The van der Waals surface area contributed by atoms with Gasteiger partial charge in [0.15, 0.2) is 5.75 Å². The summed E-state index contributed by atoms with van der Waals surface area (Å²) >= 11 is 0. The number of hydrogen-bond acceptors (Lipinski definition) is 5. The Kier molecular flexibility index (Phi) is 6.11. The van der Waals surface area contributed by atoms with Crippen molar-refractivity contribution in [1.82, 2.24) is 15.0 Å². The molecular weight excluding hydrogens is 402 g/mol. The molecule has 0 aliphatic heterocycles. The molecule has 0 atom stereocenters. The Morgan fingerprint density at radius 2 is 1.56 bits per heavy atom. The predicted octanol–water partition coefficient (Wildman–Crippen LogP) is 6.76. The van der Waals surface area contributed by atoms with Crippen molar-refractivity contribution < 1.29 is 14.3 Å². The summed E-state index contributed by atoms with van der Waals surface area (Å²) in [5.41, 5.74) is 3.97. The molecule has 0 aliphatic rings. The Hall–Kier alpha value is -2.89. The Bertz CT molecular complexity index is 1130. The van der Waals surface area contributed by atoms with Crippen LogP contribution in [0.1, 0.15) is 72.9 Å². The van der Waals surface area contributed by atoms with Crippen LogP contribution in [-0.4, -0.2) is 26.8 Å². The number of benzene rings is 2. The summed E-state index contributed by atoms with van der Waals surface area (Å²) in [5, 5.41) is 9.35. The fourth-order valence-electron chi connectivity index (χ4n) is 4.10. The third kappa shape index (κ3) is 5.87. The zero-order chi connectivity index (χ0) is 23.9. The van der Waals surface area contributed by atoms with Crippen molar-refractivity contribution >= 4 is 17.2 Å². The van der Waals surface area contributed by atoms with Crippen molar-refractivity contribution in [3.8, 4) is 11.4 Å². The smallest absolute Gasteiger partial charge is 0.428 e. The third-order valence-corrected chi connectivity index (χ3v) is 5.05. The summed E-state index contributed by atoms with van der Waals surface area (Å²) in [6.07, 6.45) is 0.288. The number of rotatable bonds is 4. The Labute approximate surface area is 190 Å². The first-order valence-corrected chi connectivity index (χ1v) is 11.0. The van der Waals surface area contributed by atoms with Crippen LogP contribution in [0, 0.1) is 12.3 Å². The second-order valence-corrected chi connectivity index (χ2v) is 11.4. The van der Waals surface area contributed by atoms with Gasteiger partial charge in [-0.3, -0.25) is 0 Å². The van der Waals surface area contributed by atoms with Crippen LogP contribution in [-0.2, 0) is 10.2 Å². The Morgan fingerprint density at radius 1 is 0.906 bits per heavy atom. The molecule has 0 radical (unpaired) electrons. The van der Waals surface area contributed by atoms with Crippen LogP contribution < -0.4 is 4.74 Å². The zero-order valence-corrected chi connectivity index (χ0v) is 20.7. The van der Waals surface area contributed by atoms with Crippen LogP contribution in [0.2, 0.25) is 0 Å². The average molecular weight is 438 g/mol. The molecule has 3 aromatic rings. The largest absolute Gasteiger partial charge is 0.514 e. The highest BCUT2D eigenvalue weighted by Crippen LogP contribution is 2.37. The number of carbonyl (C=O) groups excluding carboxylic acids is 1. The molecular formula is C26H35N3O3. The van der Waals surface area contributed by atoms with Gasteiger partial charge < -0.3 is 9.47 Å². The van der Waals surface area contributed by atoms with Crippen molar-refractivity contribution in [3.63, 3.8) is 0 Å². The maximum atomic E-state index is 12.2. The third-order valence-electron chi connectivity index (χ3n) is 5.05. The molecule has 0 aliphatic carbocycles. The molecule has 0 unspecified atom stereocenters. The summed E-state index contributed by atoms with van der Waals surface area (Å²) in [7, 11) is 0. The van der Waals surface area contributed by atoms with E-state index in [9.17, 15) is 4.79 Å². The van der Waals surface area contributed by atoms with Crippen LogP contribution in [0.3, 0.4) is 0 Å². The molecule has 1 aromatic heterocycles. The van der Waals surface area contributed by atoms with E-state index in [4.69, 9.17) is 14.6 Å². The lowest BCUT2D eigenvalue weighted by Gasteiger charge is -2.32. The van der Waals surface area contributed by atoms with Gasteiger partial charge in [-0.25, -0.2) is 4.79 Å². The quantitative estimate of drug-likeness (QED) is 0.333. The summed E-state index contributed by atoms with van der Waals surface area (Å²) in [6.45, 7) is 18.7. The number of ether oxygens (including phenoxy) is 2. The maximum absolute atomic E-state index is 12.2. The van der Waals surface area contributed by atoms with Gasteiger partial charge in [0.2, 0.25) is 0 Å². The van der Waals surface area contributed by atoms with E-state index < -0.39 is 11.8 Å². The number of aromatic nitrogens is 3. The SMILES string of the molecule is Cc1ccc(OC(=O)OC(C)(C)C)c(-n2nc3ccc(C(C)(C)CC(C)(C)C)cc3n2)c1. The number of nitrogens with zero attached hydrogens (tertiary/aromatic N) is 3.